The highest BCUT2D eigenvalue weighted by Crippen LogP contribution is 2.24. The van der Waals surface area contributed by atoms with Crippen LogP contribution >= 0.6 is 11.6 Å². The van der Waals surface area contributed by atoms with Gasteiger partial charge in [-0.05, 0) is 25.0 Å². The Morgan fingerprint density at radius 1 is 1.60 bits per heavy atom. The van der Waals surface area contributed by atoms with Crippen molar-refractivity contribution in [1.29, 1.82) is 0 Å². The van der Waals surface area contributed by atoms with Gasteiger partial charge in [-0.15, -0.1) is 0 Å². The third-order valence-corrected chi connectivity index (χ3v) is 2.33. The second kappa shape index (κ2) is 4.86. The van der Waals surface area contributed by atoms with E-state index < -0.39 is 0 Å². The highest BCUT2D eigenvalue weighted by molar-refractivity contribution is 6.25. The number of rotatable bonds is 3. The van der Waals surface area contributed by atoms with Gasteiger partial charge < -0.3 is 16.9 Å². The third-order valence-electron chi connectivity index (χ3n) is 1.96. The number of hydrogen-bond acceptors (Lipinski definition) is 5. The second-order valence-electron chi connectivity index (χ2n) is 3.25. The Morgan fingerprint density at radius 2 is 2.27 bits per heavy atom. The predicted molar refractivity (Wildman–Crippen MR) is 64.2 cm³/mol. The fourth-order valence-corrected chi connectivity index (χ4v) is 1.30. The van der Waals surface area contributed by atoms with Gasteiger partial charge >= 0.3 is 0 Å². The van der Waals surface area contributed by atoms with Crippen molar-refractivity contribution >= 4 is 28.9 Å². The molecule has 1 rings (SSSR count). The normalized spacial score (nSPS) is 11.5. The summed E-state index contributed by atoms with van der Waals surface area (Å²) >= 11 is 5.58. The first-order chi connectivity index (χ1) is 7.08. The first-order valence-electron chi connectivity index (χ1n) is 4.35. The number of halogens is 1. The maximum atomic E-state index is 5.83. The van der Waals surface area contributed by atoms with Gasteiger partial charge in [-0.25, -0.2) is 10.8 Å². The van der Waals surface area contributed by atoms with E-state index in [0.717, 1.165) is 11.1 Å². The molecule has 0 amide bonds. The molecule has 82 valence electrons. The number of hydrazine groups is 1. The molecule has 0 aliphatic carbocycles. The van der Waals surface area contributed by atoms with Crippen LogP contribution in [-0.4, -0.2) is 4.98 Å². The molecule has 0 fully saturated rings. The number of aromatic nitrogens is 1. The van der Waals surface area contributed by atoms with Crippen molar-refractivity contribution in [2.75, 3.05) is 16.9 Å². The average Bonchev–Trinajstić information content (AvgIpc) is 2.22. The highest BCUT2D eigenvalue weighted by atomic mass is 35.5. The van der Waals surface area contributed by atoms with Gasteiger partial charge in [-0.3, -0.25) is 0 Å². The van der Waals surface area contributed by atoms with E-state index in [9.17, 15) is 0 Å². The molecule has 0 saturated heterocycles. The molecular weight excluding hydrogens is 214 g/mol. The Kier molecular flexibility index (Phi) is 3.76. The second-order valence-corrected chi connectivity index (χ2v) is 3.46. The van der Waals surface area contributed by atoms with Crippen molar-refractivity contribution in [3.05, 3.63) is 22.7 Å². The number of nitrogens with one attached hydrogen (secondary N) is 1. The van der Waals surface area contributed by atoms with Crippen molar-refractivity contribution in [1.82, 2.24) is 4.98 Å². The fraction of sp³-hybridized carbons (Fsp3) is 0.222. The van der Waals surface area contributed by atoms with Gasteiger partial charge in [0.15, 0.2) is 5.82 Å². The van der Waals surface area contributed by atoms with E-state index >= 15 is 0 Å². The lowest BCUT2D eigenvalue weighted by molar-refractivity contribution is 1.13. The summed E-state index contributed by atoms with van der Waals surface area (Å²) in [7, 11) is 0. The summed E-state index contributed by atoms with van der Waals surface area (Å²) in [4.78, 5) is 3.95. The summed E-state index contributed by atoms with van der Waals surface area (Å²) in [6.45, 7) is 1.90. The molecule has 6 heteroatoms. The number of allylic oxidation sites excluding steroid dienone is 1. The molecule has 0 atom stereocenters. The number of nitrogens with zero attached hydrogens (tertiary/aromatic N) is 1. The van der Waals surface area contributed by atoms with Crippen LogP contribution in [0.3, 0.4) is 0 Å². The van der Waals surface area contributed by atoms with E-state index in [-0.39, 0.29) is 0 Å². The van der Waals surface area contributed by atoms with Gasteiger partial charge in [0.05, 0.1) is 5.69 Å². The van der Waals surface area contributed by atoms with Crippen LogP contribution in [0.4, 0.5) is 17.3 Å². The molecule has 7 N–H and O–H groups in total. The minimum Gasteiger partial charge on any atom is -0.395 e. The van der Waals surface area contributed by atoms with Gasteiger partial charge in [0, 0.05) is 5.54 Å². The van der Waals surface area contributed by atoms with Crippen LogP contribution < -0.4 is 22.7 Å². The number of nitrogen functional groups attached to an aromatic ring is 3. The molecule has 1 aromatic rings. The number of nitrogens with two attached hydrogens (primary N) is 3. The molecule has 1 heterocycles. The number of pyridine rings is 1. The molecule has 0 radical (unpaired) electrons. The molecule has 5 nitrogen and oxygen atoms in total. The molecular formula is C9H14ClN5. The standard InChI is InChI=1S/C9H14ClN5/c1-5(4-10)2-6-3-7(11)14-9(15-13)8(6)12/h3-4H,2,12-13H2,1H3,(H3,11,14,15)/b5-4+. The zero-order chi connectivity index (χ0) is 11.4. The van der Waals surface area contributed by atoms with Gasteiger partial charge in [-0.1, -0.05) is 17.2 Å². The fourth-order valence-electron chi connectivity index (χ4n) is 1.23. The molecule has 0 aliphatic heterocycles. The molecule has 15 heavy (non-hydrogen) atoms. The molecule has 0 saturated carbocycles. The van der Waals surface area contributed by atoms with Crippen molar-refractivity contribution in [2.24, 2.45) is 5.84 Å². The Labute approximate surface area is 93.3 Å². The van der Waals surface area contributed by atoms with Gasteiger partial charge in [0.25, 0.3) is 0 Å². The number of anilines is 3. The van der Waals surface area contributed by atoms with E-state index in [1.54, 1.807) is 6.07 Å². The van der Waals surface area contributed by atoms with E-state index in [2.05, 4.69) is 10.4 Å². The largest absolute Gasteiger partial charge is 0.395 e. The molecule has 0 spiro atoms. The van der Waals surface area contributed by atoms with Crippen LogP contribution in [-0.2, 0) is 6.42 Å². The lowest BCUT2D eigenvalue weighted by atomic mass is 10.1. The SMILES string of the molecule is C/C(=C\Cl)Cc1cc(N)nc(NN)c1N. The quantitative estimate of drug-likeness (QED) is 0.459. The first-order valence-corrected chi connectivity index (χ1v) is 4.79. The van der Waals surface area contributed by atoms with Crippen molar-refractivity contribution < 1.29 is 0 Å². The monoisotopic (exact) mass is 227 g/mol. The minimum absolute atomic E-state index is 0.370. The highest BCUT2D eigenvalue weighted by Gasteiger charge is 2.08. The van der Waals surface area contributed by atoms with Crippen LogP contribution in [0, 0.1) is 0 Å². The van der Waals surface area contributed by atoms with E-state index in [1.165, 1.54) is 5.54 Å². The van der Waals surface area contributed by atoms with E-state index in [0.29, 0.717) is 23.7 Å². The lowest BCUT2D eigenvalue weighted by Gasteiger charge is -2.10. The maximum Gasteiger partial charge on any atom is 0.165 e. The Bertz CT molecular complexity index is 388. The molecule has 0 unspecified atom stereocenters. The Balaban J connectivity index is 3.12. The van der Waals surface area contributed by atoms with Gasteiger partial charge in [-0.2, -0.15) is 0 Å². The zero-order valence-electron chi connectivity index (χ0n) is 8.42. The summed E-state index contributed by atoms with van der Waals surface area (Å²) in [5, 5.41) is 0. The molecule has 1 aromatic heterocycles. The Hall–Kier alpha value is -1.46. The van der Waals surface area contributed by atoms with Crippen LogP contribution in [0.1, 0.15) is 12.5 Å². The summed E-state index contributed by atoms with van der Waals surface area (Å²) in [6, 6.07) is 1.71. The smallest absolute Gasteiger partial charge is 0.165 e. The van der Waals surface area contributed by atoms with Crippen molar-refractivity contribution in [2.45, 2.75) is 13.3 Å². The summed E-state index contributed by atoms with van der Waals surface area (Å²) in [5.41, 5.74) is 17.7. The van der Waals surface area contributed by atoms with Crippen LogP contribution in [0.15, 0.2) is 17.2 Å². The summed E-state index contributed by atoms with van der Waals surface area (Å²) in [6.07, 6.45) is 0.622. The van der Waals surface area contributed by atoms with Crippen LogP contribution in [0.2, 0.25) is 0 Å². The van der Waals surface area contributed by atoms with E-state index in [4.69, 9.17) is 28.9 Å². The topological polar surface area (TPSA) is 103 Å². The Morgan fingerprint density at radius 3 is 2.80 bits per heavy atom. The zero-order valence-corrected chi connectivity index (χ0v) is 9.17. The lowest BCUT2D eigenvalue weighted by Crippen LogP contribution is -2.13. The third kappa shape index (κ3) is 2.74. The van der Waals surface area contributed by atoms with Crippen LogP contribution in [0.25, 0.3) is 0 Å². The summed E-state index contributed by atoms with van der Waals surface area (Å²) < 4.78 is 0. The maximum absolute atomic E-state index is 5.83. The predicted octanol–water partition coefficient (Wildman–Crippen LogP) is 1.22. The van der Waals surface area contributed by atoms with E-state index in [1.807, 2.05) is 6.92 Å². The molecule has 0 aromatic carbocycles. The van der Waals surface area contributed by atoms with Crippen LogP contribution in [0.5, 0.6) is 0 Å². The first kappa shape index (κ1) is 11.6. The number of hydrogen-bond donors (Lipinski definition) is 4. The van der Waals surface area contributed by atoms with Gasteiger partial charge in [0.2, 0.25) is 0 Å². The molecule has 0 bridgehead atoms. The molecule has 0 aliphatic rings. The van der Waals surface area contributed by atoms with Crippen molar-refractivity contribution in [3.63, 3.8) is 0 Å². The average molecular weight is 228 g/mol. The summed E-state index contributed by atoms with van der Waals surface area (Å²) in [5.74, 6) is 6.01. The van der Waals surface area contributed by atoms with Gasteiger partial charge in [0.1, 0.15) is 5.82 Å². The van der Waals surface area contributed by atoms with Crippen molar-refractivity contribution in [3.8, 4) is 0 Å². The minimum atomic E-state index is 0.370.